The number of benzene rings is 2. The molecule has 0 aliphatic heterocycles. The number of carbonyl (C=O) groups excluding carboxylic acids is 2. The smallest absolute Gasteiger partial charge is 0.286 e. The van der Waals surface area contributed by atoms with E-state index in [1.807, 2.05) is 56.3 Å². The van der Waals surface area contributed by atoms with Crippen molar-refractivity contribution in [3.8, 4) is 0 Å². The number of nitrogens with zero attached hydrogens (tertiary/aromatic N) is 2. The number of aryl methyl sites for hydroxylation is 2. The Bertz CT molecular complexity index is 990. The van der Waals surface area contributed by atoms with Crippen molar-refractivity contribution in [2.75, 3.05) is 11.1 Å². The van der Waals surface area contributed by atoms with E-state index in [1.54, 1.807) is 0 Å². The van der Waals surface area contributed by atoms with Gasteiger partial charge < -0.3 is 10.6 Å². The Kier molecular flexibility index (Phi) is 8.61. The number of hydrogen-bond donors (Lipinski definition) is 2. The van der Waals surface area contributed by atoms with Crippen LogP contribution in [0.15, 0.2) is 54.6 Å². The predicted octanol–water partition coefficient (Wildman–Crippen LogP) is 4.47. The third-order valence-electron chi connectivity index (χ3n) is 4.55. The molecule has 1 atom stereocenters. The first-order valence-electron chi connectivity index (χ1n) is 10.1. The van der Waals surface area contributed by atoms with E-state index in [0.29, 0.717) is 16.5 Å². The van der Waals surface area contributed by atoms with Gasteiger partial charge in [-0.2, -0.15) is 0 Å². The molecular weight excluding hydrogens is 428 g/mol. The molecule has 6 nitrogen and oxygen atoms in total. The highest BCUT2D eigenvalue weighted by molar-refractivity contribution is 7.99. The summed E-state index contributed by atoms with van der Waals surface area (Å²) in [6.07, 6.45) is 1.84. The zero-order valence-corrected chi connectivity index (χ0v) is 19.3. The van der Waals surface area contributed by atoms with Crippen LogP contribution in [0.25, 0.3) is 0 Å². The summed E-state index contributed by atoms with van der Waals surface area (Å²) in [5, 5.41) is 14.9. The van der Waals surface area contributed by atoms with Gasteiger partial charge in [-0.3, -0.25) is 9.59 Å². The maximum absolute atomic E-state index is 12.3. The molecule has 0 aliphatic carbocycles. The average Bonchev–Trinajstić information content (AvgIpc) is 3.24. The van der Waals surface area contributed by atoms with Gasteiger partial charge in [0.2, 0.25) is 10.9 Å². The van der Waals surface area contributed by atoms with Crippen molar-refractivity contribution in [1.29, 1.82) is 0 Å². The third kappa shape index (κ3) is 7.80. The lowest BCUT2D eigenvalue weighted by Crippen LogP contribution is -2.34. The lowest BCUT2D eigenvalue weighted by Gasteiger charge is -2.13. The Labute approximate surface area is 190 Å². The number of amides is 2. The summed E-state index contributed by atoms with van der Waals surface area (Å²) in [6, 6.07) is 17.9. The molecule has 0 saturated heterocycles. The number of rotatable bonds is 10. The van der Waals surface area contributed by atoms with Gasteiger partial charge >= 0.3 is 0 Å². The Morgan fingerprint density at radius 3 is 2.55 bits per heavy atom. The monoisotopic (exact) mass is 454 g/mol. The summed E-state index contributed by atoms with van der Waals surface area (Å²) in [6.45, 7) is 4.02. The Morgan fingerprint density at radius 1 is 1.06 bits per heavy atom. The van der Waals surface area contributed by atoms with E-state index in [2.05, 4.69) is 33.0 Å². The van der Waals surface area contributed by atoms with Gasteiger partial charge in [0.25, 0.3) is 5.91 Å². The number of hydrogen-bond acceptors (Lipinski definition) is 6. The summed E-state index contributed by atoms with van der Waals surface area (Å²) in [7, 11) is 0. The molecule has 0 radical (unpaired) electrons. The molecule has 0 unspecified atom stereocenters. The van der Waals surface area contributed by atoms with Crippen molar-refractivity contribution < 1.29 is 9.59 Å². The molecule has 2 N–H and O–H groups in total. The van der Waals surface area contributed by atoms with Crippen molar-refractivity contribution in [3.05, 3.63) is 75.7 Å². The lowest BCUT2D eigenvalue weighted by molar-refractivity contribution is -0.119. The molecule has 1 aromatic heterocycles. The molecule has 0 saturated carbocycles. The summed E-state index contributed by atoms with van der Waals surface area (Å²) in [5.74, 6) is 0.622. The van der Waals surface area contributed by atoms with E-state index < -0.39 is 0 Å². The van der Waals surface area contributed by atoms with Gasteiger partial charge in [0.15, 0.2) is 0 Å². The van der Waals surface area contributed by atoms with E-state index in [4.69, 9.17) is 0 Å². The highest BCUT2D eigenvalue weighted by Crippen LogP contribution is 2.18. The standard InChI is InChI=1S/C23H26N4O2S2/c1-16-8-12-19(13-9-16)25-22(29)23-27-26-21(31-23)15-30-14-20(28)24-17(2)10-11-18-6-4-3-5-7-18/h3-9,12-13,17H,10-11,14-15H2,1-2H3,(H,24,28)(H,25,29)/t17-/m0/s1. The van der Waals surface area contributed by atoms with Crippen molar-refractivity contribution in [1.82, 2.24) is 15.5 Å². The molecule has 1 heterocycles. The van der Waals surface area contributed by atoms with Crippen LogP contribution in [-0.2, 0) is 17.0 Å². The van der Waals surface area contributed by atoms with Gasteiger partial charge in [-0.15, -0.1) is 22.0 Å². The SMILES string of the molecule is Cc1ccc(NC(=O)c2nnc(CSCC(=O)N[C@@H](C)CCc3ccccc3)s2)cc1. The Hall–Kier alpha value is -2.71. The van der Waals surface area contributed by atoms with Crippen LogP contribution in [0, 0.1) is 6.92 Å². The molecule has 3 rings (SSSR count). The second kappa shape index (κ2) is 11.6. The fourth-order valence-corrected chi connectivity index (χ4v) is 4.49. The van der Waals surface area contributed by atoms with Crippen LogP contribution in [0.3, 0.4) is 0 Å². The molecule has 31 heavy (non-hydrogen) atoms. The van der Waals surface area contributed by atoms with Crippen LogP contribution >= 0.6 is 23.1 Å². The quantitative estimate of drug-likeness (QED) is 0.472. The summed E-state index contributed by atoms with van der Waals surface area (Å²) < 4.78 is 0. The van der Waals surface area contributed by atoms with Crippen LogP contribution in [0.2, 0.25) is 0 Å². The van der Waals surface area contributed by atoms with Gasteiger partial charge in [0, 0.05) is 17.5 Å². The lowest BCUT2D eigenvalue weighted by atomic mass is 10.1. The molecule has 0 aliphatic rings. The van der Waals surface area contributed by atoms with Crippen LogP contribution in [0.4, 0.5) is 5.69 Å². The first kappa shape index (κ1) is 23.0. The van der Waals surface area contributed by atoms with Gasteiger partial charge in [-0.1, -0.05) is 59.4 Å². The van der Waals surface area contributed by atoms with Crippen molar-refractivity contribution in [2.45, 2.75) is 38.5 Å². The zero-order chi connectivity index (χ0) is 22.1. The van der Waals surface area contributed by atoms with Crippen LogP contribution in [0.5, 0.6) is 0 Å². The number of carbonyl (C=O) groups is 2. The number of thioether (sulfide) groups is 1. The highest BCUT2D eigenvalue weighted by Gasteiger charge is 2.14. The van der Waals surface area contributed by atoms with Crippen LogP contribution < -0.4 is 10.6 Å². The molecule has 8 heteroatoms. The van der Waals surface area contributed by atoms with Gasteiger partial charge in [0.05, 0.1) is 5.75 Å². The van der Waals surface area contributed by atoms with Gasteiger partial charge in [0.1, 0.15) is 5.01 Å². The minimum atomic E-state index is -0.275. The maximum atomic E-state index is 12.3. The first-order chi connectivity index (χ1) is 15.0. The third-order valence-corrected chi connectivity index (χ3v) is 6.59. The van der Waals surface area contributed by atoms with E-state index in [0.717, 1.165) is 29.1 Å². The van der Waals surface area contributed by atoms with E-state index in [9.17, 15) is 9.59 Å². The first-order valence-corrected chi connectivity index (χ1v) is 12.1. The zero-order valence-electron chi connectivity index (χ0n) is 17.6. The van der Waals surface area contributed by atoms with Crippen LogP contribution in [0.1, 0.15) is 39.3 Å². The molecule has 0 bridgehead atoms. The highest BCUT2D eigenvalue weighted by atomic mass is 32.2. The van der Waals surface area contributed by atoms with E-state index in [1.165, 1.54) is 28.7 Å². The molecule has 2 amide bonds. The fraction of sp³-hybridized carbons (Fsp3) is 0.304. The summed E-state index contributed by atoms with van der Waals surface area (Å²) in [5.41, 5.74) is 3.12. The second-order valence-electron chi connectivity index (χ2n) is 7.31. The fourth-order valence-electron chi connectivity index (χ4n) is 2.87. The van der Waals surface area contributed by atoms with E-state index in [-0.39, 0.29) is 17.9 Å². The molecule has 0 fully saturated rings. The topological polar surface area (TPSA) is 84.0 Å². The normalized spacial score (nSPS) is 11.7. The summed E-state index contributed by atoms with van der Waals surface area (Å²) in [4.78, 5) is 24.5. The minimum Gasteiger partial charge on any atom is -0.353 e. The number of anilines is 1. The Morgan fingerprint density at radius 2 is 1.81 bits per heavy atom. The van der Waals surface area contributed by atoms with Gasteiger partial charge in [-0.05, 0) is 44.4 Å². The van der Waals surface area contributed by atoms with Crippen molar-refractivity contribution in [2.24, 2.45) is 0 Å². The van der Waals surface area contributed by atoms with Gasteiger partial charge in [-0.25, -0.2) is 0 Å². The maximum Gasteiger partial charge on any atom is 0.286 e. The molecule has 162 valence electrons. The van der Waals surface area contributed by atoms with Crippen LogP contribution in [-0.4, -0.2) is 33.8 Å². The molecule has 2 aromatic carbocycles. The van der Waals surface area contributed by atoms with E-state index >= 15 is 0 Å². The molecule has 0 spiro atoms. The average molecular weight is 455 g/mol. The number of aromatic nitrogens is 2. The largest absolute Gasteiger partial charge is 0.353 e. The summed E-state index contributed by atoms with van der Waals surface area (Å²) >= 11 is 2.71. The molecular formula is C23H26N4O2S2. The molecule has 3 aromatic rings. The van der Waals surface area contributed by atoms with Crippen molar-refractivity contribution >= 4 is 40.6 Å². The Balaban J connectivity index is 1.36. The predicted molar refractivity (Wildman–Crippen MR) is 128 cm³/mol. The minimum absolute atomic E-state index is 0.00687. The number of nitrogens with one attached hydrogen (secondary N) is 2. The van der Waals surface area contributed by atoms with Crippen molar-refractivity contribution in [3.63, 3.8) is 0 Å². The second-order valence-corrected chi connectivity index (χ2v) is 9.35.